The highest BCUT2D eigenvalue weighted by atomic mass is 79.9. The Kier molecular flexibility index (Phi) is 6.67. The maximum Gasteiger partial charge on any atom is 0.253 e. The van der Waals surface area contributed by atoms with Crippen molar-refractivity contribution >= 4 is 39.4 Å². The predicted octanol–water partition coefficient (Wildman–Crippen LogP) is 4.54. The fraction of sp³-hybridized carbons (Fsp3) is 0.280. The molecule has 5 rings (SSSR count). The molecule has 0 radical (unpaired) electrons. The van der Waals surface area contributed by atoms with Crippen molar-refractivity contribution in [3.8, 4) is 11.3 Å². The lowest BCUT2D eigenvalue weighted by Gasteiger charge is -2.32. The van der Waals surface area contributed by atoms with Gasteiger partial charge < -0.3 is 9.80 Å². The molecule has 1 amide bonds. The minimum absolute atomic E-state index is 0.0707. The topological polar surface area (TPSA) is 66.6 Å². The summed E-state index contributed by atoms with van der Waals surface area (Å²) in [5.74, 6) is 1.40. The van der Waals surface area contributed by atoms with Crippen molar-refractivity contribution in [2.75, 3.05) is 33.2 Å². The predicted molar refractivity (Wildman–Crippen MR) is 138 cm³/mol. The largest absolute Gasteiger partial charge is 0.336 e. The lowest BCUT2D eigenvalue weighted by Crippen LogP contribution is -2.47. The van der Waals surface area contributed by atoms with Crippen molar-refractivity contribution in [2.45, 2.75) is 17.8 Å². The molecule has 0 spiro atoms. The van der Waals surface area contributed by atoms with Crippen molar-refractivity contribution in [3.05, 3.63) is 75.9 Å². The van der Waals surface area contributed by atoms with Crippen molar-refractivity contribution in [1.82, 2.24) is 29.4 Å². The number of piperazine rings is 1. The number of likely N-dealkylation sites (N-methyl/N-ethyl adjacent to an activating group) is 1. The highest BCUT2D eigenvalue weighted by Gasteiger charge is 2.21. The van der Waals surface area contributed by atoms with E-state index in [1.54, 1.807) is 16.3 Å². The summed E-state index contributed by atoms with van der Waals surface area (Å²) in [6, 6.07) is 18.0. The van der Waals surface area contributed by atoms with Crippen LogP contribution in [0.3, 0.4) is 0 Å². The number of rotatable bonds is 5. The Morgan fingerprint density at radius 2 is 1.79 bits per heavy atom. The van der Waals surface area contributed by atoms with Crippen LogP contribution >= 0.6 is 27.7 Å². The first-order valence-corrected chi connectivity index (χ1v) is 12.9. The first-order chi connectivity index (χ1) is 16.5. The molecule has 174 valence electrons. The van der Waals surface area contributed by atoms with Crippen molar-refractivity contribution in [1.29, 1.82) is 0 Å². The van der Waals surface area contributed by atoms with Gasteiger partial charge in [0.05, 0.1) is 5.69 Å². The SMILES string of the molecule is Cc1cc(-c2cccc(C(=O)N3CCN(C)CC3)c2)n2nc(SCc3ccc(Br)cc3)nc2n1. The molecule has 9 heteroatoms. The molecule has 2 aromatic heterocycles. The van der Waals surface area contributed by atoms with Crippen LogP contribution in [0.25, 0.3) is 17.0 Å². The van der Waals surface area contributed by atoms with E-state index in [-0.39, 0.29) is 5.91 Å². The Balaban J connectivity index is 1.42. The number of carbonyl (C=O) groups is 1. The first-order valence-electron chi connectivity index (χ1n) is 11.2. The van der Waals surface area contributed by atoms with Crippen LogP contribution in [-0.2, 0) is 5.75 Å². The molecule has 0 unspecified atom stereocenters. The molecule has 34 heavy (non-hydrogen) atoms. The van der Waals surface area contributed by atoms with Crippen LogP contribution in [0.5, 0.6) is 0 Å². The highest BCUT2D eigenvalue weighted by Crippen LogP contribution is 2.26. The van der Waals surface area contributed by atoms with Gasteiger partial charge in [0.15, 0.2) is 0 Å². The van der Waals surface area contributed by atoms with E-state index < -0.39 is 0 Å². The molecule has 0 atom stereocenters. The molecule has 0 N–H and O–H groups in total. The number of nitrogens with zero attached hydrogens (tertiary/aromatic N) is 6. The van der Waals surface area contributed by atoms with Crippen LogP contribution < -0.4 is 0 Å². The van der Waals surface area contributed by atoms with E-state index in [1.807, 2.05) is 54.3 Å². The molecule has 0 bridgehead atoms. The van der Waals surface area contributed by atoms with E-state index in [9.17, 15) is 4.79 Å². The third kappa shape index (κ3) is 5.01. The van der Waals surface area contributed by atoms with Gasteiger partial charge in [-0.3, -0.25) is 4.79 Å². The lowest BCUT2D eigenvalue weighted by molar-refractivity contribution is 0.0664. The number of hydrogen-bond acceptors (Lipinski definition) is 6. The van der Waals surface area contributed by atoms with Crippen LogP contribution in [0.2, 0.25) is 0 Å². The van der Waals surface area contributed by atoms with Gasteiger partial charge >= 0.3 is 0 Å². The fourth-order valence-electron chi connectivity index (χ4n) is 3.97. The number of fused-ring (bicyclic) bond motifs is 1. The minimum Gasteiger partial charge on any atom is -0.336 e. The molecular weight excluding hydrogens is 512 g/mol. The maximum atomic E-state index is 13.1. The maximum absolute atomic E-state index is 13.1. The standard InChI is InChI=1S/C25H25BrN6OS/c1-17-14-22(19-4-3-5-20(15-19)23(33)31-12-10-30(2)11-13-31)32-24(27-17)28-25(29-32)34-16-18-6-8-21(26)9-7-18/h3-9,14-15H,10-13,16H2,1-2H3. The summed E-state index contributed by atoms with van der Waals surface area (Å²) >= 11 is 5.05. The fourth-order valence-corrected chi connectivity index (χ4v) is 5.01. The normalized spacial score (nSPS) is 14.6. The first kappa shape index (κ1) is 23.0. The molecule has 1 saturated heterocycles. The number of benzene rings is 2. The third-order valence-electron chi connectivity index (χ3n) is 5.90. The summed E-state index contributed by atoms with van der Waals surface area (Å²) in [5, 5.41) is 5.40. The second kappa shape index (κ2) is 9.85. The number of halogens is 1. The zero-order valence-electron chi connectivity index (χ0n) is 19.1. The van der Waals surface area contributed by atoms with Gasteiger partial charge in [-0.15, -0.1) is 5.10 Å². The summed E-state index contributed by atoms with van der Waals surface area (Å²) in [6.07, 6.45) is 0. The van der Waals surface area contributed by atoms with Crippen LogP contribution in [0.1, 0.15) is 21.6 Å². The van der Waals surface area contributed by atoms with E-state index in [0.29, 0.717) is 16.5 Å². The number of carbonyl (C=O) groups excluding carboxylic acids is 1. The number of aromatic nitrogens is 4. The van der Waals surface area contributed by atoms with Crippen molar-refractivity contribution in [2.24, 2.45) is 0 Å². The van der Waals surface area contributed by atoms with E-state index in [1.165, 1.54) is 5.56 Å². The Labute approximate surface area is 211 Å². The summed E-state index contributed by atoms with van der Waals surface area (Å²) in [4.78, 5) is 26.5. The lowest BCUT2D eigenvalue weighted by atomic mass is 10.1. The Morgan fingerprint density at radius 3 is 2.56 bits per heavy atom. The summed E-state index contributed by atoms with van der Waals surface area (Å²) in [6.45, 7) is 5.25. The van der Waals surface area contributed by atoms with Gasteiger partial charge in [-0.05, 0) is 49.9 Å². The zero-order chi connectivity index (χ0) is 23.7. The average molecular weight is 537 g/mol. The van der Waals surface area contributed by atoms with Crippen LogP contribution in [-0.4, -0.2) is 68.5 Å². The monoisotopic (exact) mass is 536 g/mol. The zero-order valence-corrected chi connectivity index (χ0v) is 21.5. The van der Waals surface area contributed by atoms with Gasteiger partial charge in [0, 0.05) is 53.2 Å². The van der Waals surface area contributed by atoms with Crippen molar-refractivity contribution < 1.29 is 4.79 Å². The molecular formula is C25H25BrN6OS. The van der Waals surface area contributed by atoms with E-state index in [4.69, 9.17) is 5.10 Å². The molecule has 4 aromatic rings. The van der Waals surface area contributed by atoms with Gasteiger partial charge in [0.25, 0.3) is 11.7 Å². The van der Waals surface area contributed by atoms with Crippen LogP contribution in [0.4, 0.5) is 0 Å². The number of aryl methyl sites for hydroxylation is 1. The Hall–Kier alpha value is -2.75. The second-order valence-corrected chi connectivity index (χ2v) is 10.3. The Morgan fingerprint density at radius 1 is 1.03 bits per heavy atom. The number of hydrogen-bond donors (Lipinski definition) is 0. The minimum atomic E-state index is 0.0707. The van der Waals surface area contributed by atoms with Crippen LogP contribution in [0.15, 0.2) is 64.2 Å². The van der Waals surface area contributed by atoms with E-state index >= 15 is 0 Å². The van der Waals surface area contributed by atoms with Gasteiger partial charge in [-0.25, -0.2) is 4.98 Å². The number of thioether (sulfide) groups is 1. The summed E-state index contributed by atoms with van der Waals surface area (Å²) in [7, 11) is 2.09. The summed E-state index contributed by atoms with van der Waals surface area (Å²) in [5.41, 5.74) is 4.54. The molecule has 3 heterocycles. The molecule has 2 aromatic carbocycles. The molecule has 0 saturated carbocycles. The van der Waals surface area contributed by atoms with Gasteiger partial charge in [-0.2, -0.15) is 9.50 Å². The summed E-state index contributed by atoms with van der Waals surface area (Å²) < 4.78 is 2.83. The highest BCUT2D eigenvalue weighted by molar-refractivity contribution is 9.10. The van der Waals surface area contributed by atoms with E-state index in [0.717, 1.165) is 53.4 Å². The molecule has 1 aliphatic rings. The van der Waals surface area contributed by atoms with Gasteiger partial charge in [-0.1, -0.05) is 52.0 Å². The average Bonchev–Trinajstić information content (AvgIpc) is 3.26. The molecule has 1 aliphatic heterocycles. The third-order valence-corrected chi connectivity index (χ3v) is 7.34. The smallest absolute Gasteiger partial charge is 0.253 e. The second-order valence-electron chi connectivity index (χ2n) is 8.48. The molecule has 1 fully saturated rings. The Bertz CT molecular complexity index is 1330. The van der Waals surface area contributed by atoms with Crippen molar-refractivity contribution in [3.63, 3.8) is 0 Å². The molecule has 0 aliphatic carbocycles. The van der Waals surface area contributed by atoms with Gasteiger partial charge in [0.1, 0.15) is 0 Å². The van der Waals surface area contributed by atoms with Gasteiger partial charge in [0.2, 0.25) is 5.16 Å². The quantitative estimate of drug-likeness (QED) is 0.349. The molecule has 7 nitrogen and oxygen atoms in total. The number of amides is 1. The van der Waals surface area contributed by atoms with E-state index in [2.05, 4.69) is 50.0 Å². The van der Waals surface area contributed by atoms with Crippen LogP contribution in [0, 0.1) is 6.92 Å².